The smallest absolute Gasteiger partial charge is 0.242 e. The zero-order valence-corrected chi connectivity index (χ0v) is 17.0. The second-order valence-corrected chi connectivity index (χ2v) is 7.67. The molecule has 6 heteroatoms. The van der Waals surface area contributed by atoms with Crippen molar-refractivity contribution in [1.82, 2.24) is 9.80 Å². The lowest BCUT2D eigenvalue weighted by Crippen LogP contribution is -2.43. The standard InChI is InChI=1S/C23H29FN2O3/c1-2-3-4-7-22(27)26(20-12-13-20)17-23(28)25(16-21-6-5-14-29-21)15-18-8-10-19(24)11-9-18/h5-6,8-11,14,20H,2-4,7,12-13,15-17H2,1H3. The first-order valence-corrected chi connectivity index (χ1v) is 10.4. The van der Waals surface area contributed by atoms with Crippen molar-refractivity contribution in [2.24, 2.45) is 0 Å². The van der Waals surface area contributed by atoms with Gasteiger partial charge in [0.2, 0.25) is 11.8 Å². The van der Waals surface area contributed by atoms with Crippen LogP contribution in [-0.4, -0.2) is 34.2 Å². The summed E-state index contributed by atoms with van der Waals surface area (Å²) in [5.41, 5.74) is 0.832. The van der Waals surface area contributed by atoms with Gasteiger partial charge in [0, 0.05) is 19.0 Å². The minimum Gasteiger partial charge on any atom is -0.467 e. The number of halogens is 1. The Kier molecular flexibility index (Phi) is 7.44. The van der Waals surface area contributed by atoms with Crippen molar-refractivity contribution >= 4 is 11.8 Å². The number of hydrogen-bond donors (Lipinski definition) is 0. The quantitative estimate of drug-likeness (QED) is 0.521. The van der Waals surface area contributed by atoms with Crippen LogP contribution in [0.15, 0.2) is 47.1 Å². The van der Waals surface area contributed by atoms with Gasteiger partial charge >= 0.3 is 0 Å². The zero-order valence-electron chi connectivity index (χ0n) is 17.0. The van der Waals surface area contributed by atoms with Crippen molar-refractivity contribution in [3.05, 3.63) is 59.8 Å². The van der Waals surface area contributed by atoms with E-state index < -0.39 is 0 Å². The molecule has 3 rings (SSSR count). The van der Waals surface area contributed by atoms with Gasteiger partial charge in [-0.3, -0.25) is 9.59 Å². The molecule has 1 saturated carbocycles. The molecule has 1 fully saturated rings. The molecule has 0 aliphatic heterocycles. The third-order valence-electron chi connectivity index (χ3n) is 5.17. The van der Waals surface area contributed by atoms with Gasteiger partial charge in [-0.1, -0.05) is 31.9 Å². The van der Waals surface area contributed by atoms with Crippen LogP contribution in [0, 0.1) is 5.82 Å². The predicted octanol–water partition coefficient (Wildman–Crippen LogP) is 4.52. The number of amides is 2. The second kappa shape index (κ2) is 10.2. The maximum Gasteiger partial charge on any atom is 0.242 e. The minimum absolute atomic E-state index is 0.0639. The lowest BCUT2D eigenvalue weighted by atomic mass is 10.2. The first-order chi connectivity index (χ1) is 14.1. The van der Waals surface area contributed by atoms with E-state index in [0.717, 1.165) is 37.7 Å². The van der Waals surface area contributed by atoms with E-state index in [0.29, 0.717) is 25.3 Å². The maximum absolute atomic E-state index is 13.2. The van der Waals surface area contributed by atoms with Gasteiger partial charge in [-0.15, -0.1) is 0 Å². The van der Waals surface area contributed by atoms with Crippen LogP contribution in [0.4, 0.5) is 4.39 Å². The van der Waals surface area contributed by atoms with Crippen molar-refractivity contribution in [3.63, 3.8) is 0 Å². The number of rotatable bonds is 11. The summed E-state index contributed by atoms with van der Waals surface area (Å²) in [7, 11) is 0. The van der Waals surface area contributed by atoms with Crippen molar-refractivity contribution < 1.29 is 18.4 Å². The third kappa shape index (κ3) is 6.44. The number of furan rings is 1. The predicted molar refractivity (Wildman–Crippen MR) is 108 cm³/mol. The Morgan fingerprint density at radius 2 is 1.83 bits per heavy atom. The summed E-state index contributed by atoms with van der Waals surface area (Å²) in [5, 5.41) is 0. The molecule has 156 valence electrons. The van der Waals surface area contributed by atoms with E-state index in [4.69, 9.17) is 4.42 Å². The zero-order chi connectivity index (χ0) is 20.6. The Balaban J connectivity index is 1.68. The lowest BCUT2D eigenvalue weighted by molar-refractivity contribution is -0.142. The fourth-order valence-electron chi connectivity index (χ4n) is 3.36. The van der Waals surface area contributed by atoms with Crippen molar-refractivity contribution in [2.75, 3.05) is 6.54 Å². The molecule has 2 amide bonds. The molecule has 0 bridgehead atoms. The summed E-state index contributed by atoms with van der Waals surface area (Å²) in [5.74, 6) is 0.304. The van der Waals surface area contributed by atoms with Crippen molar-refractivity contribution in [3.8, 4) is 0 Å². The Hall–Kier alpha value is -2.63. The number of unbranched alkanes of at least 4 members (excludes halogenated alkanes) is 2. The van der Waals surface area contributed by atoms with E-state index >= 15 is 0 Å². The highest BCUT2D eigenvalue weighted by Crippen LogP contribution is 2.28. The Morgan fingerprint density at radius 3 is 2.45 bits per heavy atom. The molecule has 0 atom stereocenters. The van der Waals surface area contributed by atoms with E-state index in [9.17, 15) is 14.0 Å². The summed E-state index contributed by atoms with van der Waals surface area (Å²) >= 11 is 0. The molecule has 5 nitrogen and oxygen atoms in total. The molecule has 1 aromatic heterocycles. The fourth-order valence-corrected chi connectivity index (χ4v) is 3.36. The van der Waals surface area contributed by atoms with Crippen LogP contribution in [0.2, 0.25) is 0 Å². The molecular weight excluding hydrogens is 371 g/mol. The highest BCUT2D eigenvalue weighted by atomic mass is 19.1. The Morgan fingerprint density at radius 1 is 1.07 bits per heavy atom. The summed E-state index contributed by atoms with van der Waals surface area (Å²) in [6, 6.07) is 9.91. The van der Waals surface area contributed by atoms with Gasteiger partial charge in [0.25, 0.3) is 0 Å². The van der Waals surface area contributed by atoms with E-state index in [-0.39, 0.29) is 30.2 Å². The normalized spacial score (nSPS) is 13.3. The first kappa shape index (κ1) is 21.1. The summed E-state index contributed by atoms with van der Waals surface area (Å²) in [4.78, 5) is 29.2. The van der Waals surface area contributed by atoms with Crippen LogP contribution in [0.1, 0.15) is 56.8 Å². The molecule has 2 aromatic rings. The van der Waals surface area contributed by atoms with Gasteiger partial charge in [0.15, 0.2) is 0 Å². The number of nitrogens with zero attached hydrogens (tertiary/aromatic N) is 2. The van der Waals surface area contributed by atoms with Gasteiger partial charge < -0.3 is 14.2 Å². The fraction of sp³-hybridized carbons (Fsp3) is 0.478. The second-order valence-electron chi connectivity index (χ2n) is 7.67. The molecule has 0 N–H and O–H groups in total. The summed E-state index contributed by atoms with van der Waals surface area (Å²) < 4.78 is 18.6. The average molecular weight is 400 g/mol. The molecule has 0 radical (unpaired) electrons. The van der Waals surface area contributed by atoms with E-state index in [1.165, 1.54) is 12.1 Å². The van der Waals surface area contributed by atoms with E-state index in [1.807, 2.05) is 6.07 Å². The Labute approximate surface area is 171 Å². The number of carbonyl (C=O) groups is 2. The first-order valence-electron chi connectivity index (χ1n) is 10.4. The number of hydrogen-bond acceptors (Lipinski definition) is 3. The lowest BCUT2D eigenvalue weighted by Gasteiger charge is -2.27. The van der Waals surface area contributed by atoms with Crippen molar-refractivity contribution in [1.29, 1.82) is 0 Å². The molecular formula is C23H29FN2O3. The number of benzene rings is 1. The largest absolute Gasteiger partial charge is 0.467 e. The van der Waals surface area contributed by atoms with Crippen LogP contribution in [0.3, 0.4) is 0 Å². The third-order valence-corrected chi connectivity index (χ3v) is 5.17. The van der Waals surface area contributed by atoms with Crippen LogP contribution >= 0.6 is 0 Å². The molecule has 1 aliphatic rings. The minimum atomic E-state index is -0.310. The molecule has 0 saturated heterocycles. The highest BCUT2D eigenvalue weighted by Gasteiger charge is 2.34. The maximum atomic E-state index is 13.2. The van der Waals surface area contributed by atoms with Gasteiger partial charge in [0.05, 0.1) is 12.8 Å². The summed E-state index contributed by atoms with van der Waals surface area (Å²) in [6.07, 6.45) is 6.93. The molecule has 1 heterocycles. The van der Waals surface area contributed by atoms with Crippen LogP contribution in [0.25, 0.3) is 0 Å². The van der Waals surface area contributed by atoms with Gasteiger partial charge in [0.1, 0.15) is 18.1 Å². The molecule has 0 unspecified atom stereocenters. The van der Waals surface area contributed by atoms with Crippen LogP contribution in [-0.2, 0) is 22.7 Å². The molecule has 1 aliphatic carbocycles. The number of carbonyl (C=O) groups excluding carboxylic acids is 2. The topological polar surface area (TPSA) is 53.8 Å². The average Bonchev–Trinajstić information content (AvgIpc) is 3.42. The van der Waals surface area contributed by atoms with E-state index in [1.54, 1.807) is 34.3 Å². The van der Waals surface area contributed by atoms with E-state index in [2.05, 4.69) is 6.92 Å². The van der Waals surface area contributed by atoms with Gasteiger partial charge in [-0.2, -0.15) is 0 Å². The molecule has 1 aromatic carbocycles. The van der Waals surface area contributed by atoms with Gasteiger partial charge in [-0.05, 0) is 49.1 Å². The van der Waals surface area contributed by atoms with Crippen molar-refractivity contribution in [2.45, 2.75) is 64.6 Å². The monoisotopic (exact) mass is 400 g/mol. The SMILES string of the molecule is CCCCCC(=O)N(CC(=O)N(Cc1ccc(F)cc1)Cc1ccco1)C1CC1. The van der Waals surface area contributed by atoms with Crippen LogP contribution < -0.4 is 0 Å². The van der Waals surface area contributed by atoms with Crippen LogP contribution in [0.5, 0.6) is 0 Å². The highest BCUT2D eigenvalue weighted by molar-refractivity contribution is 5.85. The Bertz CT molecular complexity index is 785. The summed E-state index contributed by atoms with van der Waals surface area (Å²) in [6.45, 7) is 2.83. The molecule has 29 heavy (non-hydrogen) atoms. The van der Waals surface area contributed by atoms with Gasteiger partial charge in [-0.25, -0.2) is 4.39 Å². The molecule has 0 spiro atoms.